The molecule has 3 aromatic carbocycles. The van der Waals surface area contributed by atoms with Gasteiger partial charge in [-0.05, 0) is 60.5 Å². The number of para-hydroxylation sites is 1. The normalized spacial score (nSPS) is 10.9. The summed E-state index contributed by atoms with van der Waals surface area (Å²) in [6.45, 7) is 8.21. The van der Waals surface area contributed by atoms with E-state index in [1.807, 2.05) is 35.0 Å². The van der Waals surface area contributed by atoms with E-state index < -0.39 is 0 Å². The van der Waals surface area contributed by atoms with Gasteiger partial charge in [0.25, 0.3) is 0 Å². The predicted octanol–water partition coefficient (Wildman–Crippen LogP) is 4.83. The molecule has 0 aliphatic heterocycles. The van der Waals surface area contributed by atoms with Gasteiger partial charge in [-0.25, -0.2) is 4.68 Å². The highest BCUT2D eigenvalue weighted by Gasteiger charge is 2.15. The van der Waals surface area contributed by atoms with Crippen molar-refractivity contribution in [2.75, 3.05) is 25.1 Å². The van der Waals surface area contributed by atoms with E-state index in [0.717, 1.165) is 29.2 Å². The van der Waals surface area contributed by atoms with Gasteiger partial charge in [-0.1, -0.05) is 54.1 Å². The van der Waals surface area contributed by atoms with E-state index in [4.69, 9.17) is 4.74 Å². The number of benzene rings is 3. The lowest BCUT2D eigenvalue weighted by Gasteiger charge is -2.20. The summed E-state index contributed by atoms with van der Waals surface area (Å²) in [5.41, 5.74) is 6.87. The second kappa shape index (κ2) is 9.64. The third-order valence-corrected chi connectivity index (χ3v) is 5.79. The summed E-state index contributed by atoms with van der Waals surface area (Å²) in [5, 5.41) is 12.5. The molecule has 6 heteroatoms. The molecule has 4 rings (SSSR count). The summed E-state index contributed by atoms with van der Waals surface area (Å²) in [5.74, 6) is 1.63. The third kappa shape index (κ3) is 4.80. The van der Waals surface area contributed by atoms with Gasteiger partial charge in [0, 0.05) is 23.9 Å². The predicted molar refractivity (Wildman–Crippen MR) is 128 cm³/mol. The molecule has 0 unspecified atom stereocenters. The molecule has 1 aromatic heterocycles. The van der Waals surface area contributed by atoms with Crippen LogP contribution in [0.15, 0.2) is 66.7 Å². The lowest BCUT2D eigenvalue weighted by Crippen LogP contribution is -2.23. The molecule has 6 nitrogen and oxygen atoms in total. The molecule has 164 valence electrons. The van der Waals surface area contributed by atoms with Crippen LogP contribution in [0, 0.1) is 20.8 Å². The van der Waals surface area contributed by atoms with Crippen molar-refractivity contribution >= 4 is 5.69 Å². The lowest BCUT2D eigenvalue weighted by atomic mass is 10.0. The van der Waals surface area contributed by atoms with E-state index in [-0.39, 0.29) is 0 Å². The Balaban J connectivity index is 1.51. The Kier molecular flexibility index (Phi) is 6.50. The molecule has 0 saturated heterocycles. The van der Waals surface area contributed by atoms with Crippen LogP contribution in [0.25, 0.3) is 11.4 Å². The molecular formula is C26H29N5O. The monoisotopic (exact) mass is 427 g/mol. The molecule has 0 spiro atoms. The van der Waals surface area contributed by atoms with Crippen LogP contribution in [0.5, 0.6) is 5.75 Å². The smallest absolute Gasteiger partial charge is 0.182 e. The van der Waals surface area contributed by atoms with Crippen molar-refractivity contribution in [3.63, 3.8) is 0 Å². The van der Waals surface area contributed by atoms with Gasteiger partial charge in [0.1, 0.15) is 12.4 Å². The lowest BCUT2D eigenvalue weighted by molar-refractivity contribution is 0.321. The zero-order chi connectivity index (χ0) is 22.5. The number of tetrazole rings is 1. The Morgan fingerprint density at radius 3 is 2.56 bits per heavy atom. The Morgan fingerprint density at radius 2 is 1.75 bits per heavy atom. The van der Waals surface area contributed by atoms with Crippen molar-refractivity contribution < 1.29 is 4.74 Å². The Hall–Kier alpha value is -3.67. The number of rotatable bonds is 8. The van der Waals surface area contributed by atoms with Crippen molar-refractivity contribution in [2.45, 2.75) is 27.3 Å². The highest BCUT2D eigenvalue weighted by Crippen LogP contribution is 2.26. The number of nitrogens with zero attached hydrogens (tertiary/aromatic N) is 5. The van der Waals surface area contributed by atoms with Crippen LogP contribution in [-0.2, 0) is 6.54 Å². The zero-order valence-electron chi connectivity index (χ0n) is 19.1. The Labute approximate surface area is 189 Å². The van der Waals surface area contributed by atoms with E-state index in [2.05, 4.69) is 84.6 Å². The minimum atomic E-state index is 0.543. The summed E-state index contributed by atoms with van der Waals surface area (Å²) in [4.78, 5) is 2.19. The topological polar surface area (TPSA) is 56.1 Å². The Morgan fingerprint density at radius 1 is 0.938 bits per heavy atom. The fraction of sp³-hybridized carbons (Fsp3) is 0.269. The molecule has 0 radical (unpaired) electrons. The molecule has 0 amide bonds. The first kappa shape index (κ1) is 21.6. The summed E-state index contributed by atoms with van der Waals surface area (Å²) < 4.78 is 8.04. The van der Waals surface area contributed by atoms with Gasteiger partial charge in [-0.2, -0.15) is 0 Å². The highest BCUT2D eigenvalue weighted by atomic mass is 16.5. The number of aromatic nitrogens is 4. The van der Waals surface area contributed by atoms with Crippen LogP contribution in [0.3, 0.4) is 0 Å². The highest BCUT2D eigenvalue weighted by molar-refractivity contribution is 5.61. The number of hydrogen-bond acceptors (Lipinski definition) is 5. The molecule has 0 aliphatic carbocycles. The number of anilines is 1. The molecule has 4 aromatic rings. The maximum absolute atomic E-state index is 6.20. The largest absolute Gasteiger partial charge is 0.491 e. The second-order valence-corrected chi connectivity index (χ2v) is 8.12. The van der Waals surface area contributed by atoms with Crippen LogP contribution in [0.2, 0.25) is 0 Å². The van der Waals surface area contributed by atoms with Crippen LogP contribution in [-0.4, -0.2) is 40.4 Å². The average molecular weight is 428 g/mol. The van der Waals surface area contributed by atoms with E-state index >= 15 is 0 Å². The SMILES string of the molecule is Cc1ccc(OCCN(C)c2ccccc2)c(Cn2nnnc2-c2cccc(C)c2C)c1. The molecule has 0 saturated carbocycles. The molecule has 1 heterocycles. The van der Waals surface area contributed by atoms with E-state index in [1.165, 1.54) is 22.4 Å². The van der Waals surface area contributed by atoms with Crippen molar-refractivity contribution in [3.05, 3.63) is 89.0 Å². The molecular weight excluding hydrogens is 398 g/mol. The summed E-state index contributed by atoms with van der Waals surface area (Å²) in [6.07, 6.45) is 0. The van der Waals surface area contributed by atoms with Crippen molar-refractivity contribution in [1.29, 1.82) is 0 Å². The molecule has 0 bridgehead atoms. The Bertz CT molecular complexity index is 1190. The van der Waals surface area contributed by atoms with Gasteiger partial charge in [0.15, 0.2) is 5.82 Å². The van der Waals surface area contributed by atoms with E-state index in [1.54, 1.807) is 0 Å². The van der Waals surface area contributed by atoms with Gasteiger partial charge < -0.3 is 9.64 Å². The maximum atomic E-state index is 6.20. The van der Waals surface area contributed by atoms with E-state index in [9.17, 15) is 0 Å². The fourth-order valence-electron chi connectivity index (χ4n) is 3.74. The first-order valence-corrected chi connectivity index (χ1v) is 10.8. The van der Waals surface area contributed by atoms with Crippen LogP contribution in [0.4, 0.5) is 5.69 Å². The van der Waals surface area contributed by atoms with Gasteiger partial charge in [-0.15, -0.1) is 5.10 Å². The minimum Gasteiger partial charge on any atom is -0.491 e. The molecule has 0 fully saturated rings. The zero-order valence-corrected chi connectivity index (χ0v) is 19.1. The molecule has 0 aliphatic rings. The quantitative estimate of drug-likeness (QED) is 0.403. The van der Waals surface area contributed by atoms with Crippen LogP contribution >= 0.6 is 0 Å². The summed E-state index contributed by atoms with van der Waals surface area (Å²) in [6, 6.07) is 22.8. The van der Waals surface area contributed by atoms with Crippen molar-refractivity contribution in [3.8, 4) is 17.1 Å². The minimum absolute atomic E-state index is 0.543. The number of ether oxygens (including phenoxy) is 1. The van der Waals surface area contributed by atoms with Crippen molar-refractivity contribution in [2.24, 2.45) is 0 Å². The number of hydrogen-bond donors (Lipinski definition) is 0. The average Bonchev–Trinajstić information content (AvgIpc) is 3.25. The second-order valence-electron chi connectivity index (χ2n) is 8.12. The molecule has 0 atom stereocenters. The standard InChI is InChI=1S/C26H29N5O/c1-19-13-14-25(32-16-15-30(4)23-10-6-5-7-11-23)22(17-19)18-31-26(27-28-29-31)24-12-8-9-20(2)21(24)3/h5-14,17H,15-16,18H2,1-4H3. The van der Waals surface area contributed by atoms with Gasteiger partial charge >= 0.3 is 0 Å². The molecule has 0 N–H and O–H groups in total. The maximum Gasteiger partial charge on any atom is 0.182 e. The van der Waals surface area contributed by atoms with E-state index in [0.29, 0.717) is 13.2 Å². The summed E-state index contributed by atoms with van der Waals surface area (Å²) in [7, 11) is 2.08. The molecule has 32 heavy (non-hydrogen) atoms. The van der Waals surface area contributed by atoms with Gasteiger partial charge in [0.05, 0.1) is 13.1 Å². The number of aryl methyl sites for hydroxylation is 2. The summed E-state index contributed by atoms with van der Waals surface area (Å²) >= 11 is 0. The van der Waals surface area contributed by atoms with Crippen LogP contribution in [0.1, 0.15) is 22.3 Å². The fourth-order valence-corrected chi connectivity index (χ4v) is 3.74. The van der Waals surface area contributed by atoms with Gasteiger partial charge in [0.2, 0.25) is 0 Å². The first-order valence-electron chi connectivity index (χ1n) is 10.8. The van der Waals surface area contributed by atoms with Crippen LogP contribution < -0.4 is 9.64 Å². The first-order chi connectivity index (χ1) is 15.5. The third-order valence-electron chi connectivity index (χ3n) is 5.79. The number of likely N-dealkylation sites (N-methyl/N-ethyl adjacent to an activating group) is 1. The van der Waals surface area contributed by atoms with Gasteiger partial charge in [-0.3, -0.25) is 0 Å². The van der Waals surface area contributed by atoms with Crippen molar-refractivity contribution in [1.82, 2.24) is 20.2 Å².